The van der Waals surface area contributed by atoms with Gasteiger partial charge in [0.15, 0.2) is 0 Å². The number of phenols is 1. The lowest BCUT2D eigenvalue weighted by atomic mass is 10.1. The summed E-state index contributed by atoms with van der Waals surface area (Å²) in [6.07, 6.45) is 0.893. The van der Waals surface area contributed by atoms with Gasteiger partial charge in [-0.3, -0.25) is 5.32 Å². The highest BCUT2D eigenvalue weighted by atomic mass is 16.5. The maximum absolute atomic E-state index is 9.32. The third-order valence-corrected chi connectivity index (χ3v) is 2.61. The Labute approximate surface area is 90.1 Å². The Morgan fingerprint density at radius 2 is 2.40 bits per heavy atom. The second-order valence-corrected chi connectivity index (χ2v) is 4.21. The maximum Gasteiger partial charge on any atom is 0.115 e. The molecule has 2 unspecified atom stereocenters. The van der Waals surface area contributed by atoms with Gasteiger partial charge >= 0.3 is 0 Å². The normalized spacial score (nSPS) is 26.5. The predicted molar refractivity (Wildman–Crippen MR) is 58.7 cm³/mol. The zero-order valence-electron chi connectivity index (χ0n) is 8.94. The molecule has 0 spiro atoms. The van der Waals surface area contributed by atoms with Crippen molar-refractivity contribution in [2.75, 3.05) is 13.2 Å². The minimum absolute atomic E-state index is 0.0861. The summed E-state index contributed by atoms with van der Waals surface area (Å²) in [7, 11) is 0. The molecular weight excluding hydrogens is 190 g/mol. The van der Waals surface area contributed by atoms with Crippen molar-refractivity contribution < 1.29 is 9.84 Å². The fraction of sp³-hybridized carbons (Fsp3) is 0.500. The van der Waals surface area contributed by atoms with Crippen LogP contribution in [0.15, 0.2) is 24.3 Å². The minimum Gasteiger partial charge on any atom is -0.508 e. The van der Waals surface area contributed by atoms with Crippen LogP contribution in [0.1, 0.15) is 12.5 Å². The van der Waals surface area contributed by atoms with Crippen LogP contribution in [0.5, 0.6) is 5.75 Å². The Balaban J connectivity index is 1.92. The monoisotopic (exact) mass is 207 g/mol. The van der Waals surface area contributed by atoms with Gasteiger partial charge in [0, 0.05) is 13.0 Å². The summed E-state index contributed by atoms with van der Waals surface area (Å²) in [6.45, 7) is 3.98. The molecule has 2 N–H and O–H groups in total. The first-order valence-corrected chi connectivity index (χ1v) is 5.37. The third kappa shape index (κ3) is 2.94. The van der Waals surface area contributed by atoms with Crippen molar-refractivity contribution in [2.24, 2.45) is 5.92 Å². The number of hydrogen-bond donors (Lipinski definition) is 2. The van der Waals surface area contributed by atoms with Gasteiger partial charge in [0.05, 0.1) is 6.61 Å². The molecule has 1 saturated heterocycles. The number of phenolic OH excluding ortho intramolecular Hbond substituents is 1. The molecule has 82 valence electrons. The summed E-state index contributed by atoms with van der Waals surface area (Å²) in [5.74, 6) is 0.905. The van der Waals surface area contributed by atoms with E-state index in [1.54, 1.807) is 12.1 Å². The summed E-state index contributed by atoms with van der Waals surface area (Å²) in [5, 5.41) is 12.7. The molecule has 3 nitrogen and oxygen atoms in total. The van der Waals surface area contributed by atoms with Crippen molar-refractivity contribution in [1.29, 1.82) is 0 Å². The summed E-state index contributed by atoms with van der Waals surface area (Å²) < 4.78 is 5.64. The average molecular weight is 207 g/mol. The second kappa shape index (κ2) is 4.64. The van der Waals surface area contributed by atoms with Crippen molar-refractivity contribution >= 4 is 0 Å². The molecule has 1 heterocycles. The van der Waals surface area contributed by atoms with Crippen LogP contribution < -0.4 is 5.32 Å². The van der Waals surface area contributed by atoms with Crippen LogP contribution in [0, 0.1) is 5.92 Å². The Kier molecular flexibility index (Phi) is 3.23. The van der Waals surface area contributed by atoms with Crippen LogP contribution in [-0.2, 0) is 11.2 Å². The van der Waals surface area contributed by atoms with E-state index in [2.05, 4.69) is 12.2 Å². The van der Waals surface area contributed by atoms with E-state index in [9.17, 15) is 5.11 Å². The van der Waals surface area contributed by atoms with Gasteiger partial charge < -0.3 is 9.84 Å². The molecular formula is C12H17NO2. The smallest absolute Gasteiger partial charge is 0.115 e. The molecule has 0 saturated carbocycles. The molecule has 1 aromatic rings. The van der Waals surface area contributed by atoms with Crippen molar-refractivity contribution in [3.63, 3.8) is 0 Å². The summed E-state index contributed by atoms with van der Waals surface area (Å²) in [4.78, 5) is 0. The molecule has 2 atom stereocenters. The zero-order valence-corrected chi connectivity index (χ0v) is 8.94. The largest absolute Gasteiger partial charge is 0.508 e. The van der Waals surface area contributed by atoms with Crippen molar-refractivity contribution in [2.45, 2.75) is 19.6 Å². The molecule has 0 amide bonds. The van der Waals surface area contributed by atoms with Crippen LogP contribution in [-0.4, -0.2) is 24.5 Å². The number of nitrogens with one attached hydrogen (secondary N) is 1. The van der Waals surface area contributed by atoms with Gasteiger partial charge in [-0.15, -0.1) is 0 Å². The molecule has 1 fully saturated rings. The van der Waals surface area contributed by atoms with Crippen LogP contribution in [0.25, 0.3) is 0 Å². The van der Waals surface area contributed by atoms with Crippen LogP contribution >= 0.6 is 0 Å². The SMILES string of the molecule is CC1CNC(Cc2cccc(O)c2)OC1. The van der Waals surface area contributed by atoms with E-state index in [4.69, 9.17) is 4.74 Å². The highest BCUT2D eigenvalue weighted by Gasteiger charge is 2.17. The molecule has 3 heteroatoms. The first-order chi connectivity index (χ1) is 7.24. The van der Waals surface area contributed by atoms with Crippen molar-refractivity contribution in [3.8, 4) is 5.75 Å². The molecule has 0 bridgehead atoms. The number of aromatic hydroxyl groups is 1. The molecule has 0 aromatic heterocycles. The van der Waals surface area contributed by atoms with Crippen molar-refractivity contribution in [3.05, 3.63) is 29.8 Å². The molecule has 1 aliphatic rings. The van der Waals surface area contributed by atoms with Crippen molar-refractivity contribution in [1.82, 2.24) is 5.32 Å². The average Bonchev–Trinajstić information content (AvgIpc) is 2.22. The molecule has 1 aliphatic heterocycles. The van der Waals surface area contributed by atoms with Gasteiger partial charge in [-0.2, -0.15) is 0 Å². The van der Waals surface area contributed by atoms with E-state index in [-0.39, 0.29) is 6.23 Å². The van der Waals surface area contributed by atoms with E-state index >= 15 is 0 Å². The fourth-order valence-corrected chi connectivity index (χ4v) is 1.76. The van der Waals surface area contributed by atoms with Gasteiger partial charge in [0.2, 0.25) is 0 Å². The van der Waals surface area contributed by atoms with E-state index < -0.39 is 0 Å². The predicted octanol–water partition coefficient (Wildman–Crippen LogP) is 1.52. The topological polar surface area (TPSA) is 41.5 Å². The quantitative estimate of drug-likeness (QED) is 0.772. The van der Waals surface area contributed by atoms with E-state index in [0.29, 0.717) is 11.7 Å². The summed E-state index contributed by atoms with van der Waals surface area (Å²) in [6, 6.07) is 7.32. The lowest BCUT2D eigenvalue weighted by Crippen LogP contribution is -2.43. The number of benzene rings is 1. The highest BCUT2D eigenvalue weighted by Crippen LogP contribution is 2.14. The Hall–Kier alpha value is -1.06. The second-order valence-electron chi connectivity index (χ2n) is 4.21. The zero-order chi connectivity index (χ0) is 10.7. The third-order valence-electron chi connectivity index (χ3n) is 2.61. The van der Waals surface area contributed by atoms with Gasteiger partial charge in [-0.05, 0) is 23.6 Å². The lowest BCUT2D eigenvalue weighted by Gasteiger charge is -2.28. The lowest BCUT2D eigenvalue weighted by molar-refractivity contribution is -0.0228. The molecule has 1 aromatic carbocycles. The van der Waals surface area contributed by atoms with Crippen LogP contribution in [0.4, 0.5) is 0 Å². The first kappa shape index (κ1) is 10.5. The van der Waals surface area contributed by atoms with Gasteiger partial charge in [-0.1, -0.05) is 19.1 Å². The standard InChI is InChI=1S/C12H17NO2/c1-9-7-13-12(15-8-9)6-10-3-2-4-11(14)5-10/h2-5,9,12-14H,6-8H2,1H3. The summed E-state index contributed by atoms with van der Waals surface area (Å²) >= 11 is 0. The Morgan fingerprint density at radius 3 is 3.07 bits per heavy atom. The van der Waals surface area contributed by atoms with Crippen LogP contribution in [0.3, 0.4) is 0 Å². The number of rotatable bonds is 2. The molecule has 0 aliphatic carbocycles. The maximum atomic E-state index is 9.32. The molecule has 15 heavy (non-hydrogen) atoms. The number of ether oxygens (including phenoxy) is 1. The molecule has 2 rings (SSSR count). The minimum atomic E-state index is 0.0861. The first-order valence-electron chi connectivity index (χ1n) is 5.37. The number of hydrogen-bond acceptors (Lipinski definition) is 3. The Bertz CT molecular complexity index is 319. The van der Waals surface area contributed by atoms with E-state index in [0.717, 1.165) is 25.1 Å². The van der Waals surface area contributed by atoms with Gasteiger partial charge in [-0.25, -0.2) is 0 Å². The van der Waals surface area contributed by atoms with E-state index in [1.807, 2.05) is 12.1 Å². The fourth-order valence-electron chi connectivity index (χ4n) is 1.76. The summed E-state index contributed by atoms with van der Waals surface area (Å²) in [5.41, 5.74) is 1.10. The van der Waals surface area contributed by atoms with E-state index in [1.165, 1.54) is 0 Å². The Morgan fingerprint density at radius 1 is 1.53 bits per heavy atom. The molecule has 0 radical (unpaired) electrons. The van der Waals surface area contributed by atoms with Crippen LogP contribution in [0.2, 0.25) is 0 Å². The van der Waals surface area contributed by atoms with Gasteiger partial charge in [0.25, 0.3) is 0 Å². The highest BCUT2D eigenvalue weighted by molar-refractivity contribution is 5.27. The van der Waals surface area contributed by atoms with Gasteiger partial charge in [0.1, 0.15) is 12.0 Å².